The molecule has 150 valence electrons. The van der Waals surface area contributed by atoms with Crippen molar-refractivity contribution in [1.82, 2.24) is 9.99 Å². The van der Waals surface area contributed by atoms with Gasteiger partial charge in [-0.2, -0.15) is 5.10 Å². The molecule has 0 fully saturated rings. The Morgan fingerprint density at radius 3 is 2.43 bits per heavy atom. The molecule has 2 amide bonds. The predicted octanol–water partition coefficient (Wildman–Crippen LogP) is 4.68. The van der Waals surface area contributed by atoms with E-state index in [1.807, 2.05) is 36.4 Å². The van der Waals surface area contributed by atoms with Gasteiger partial charge in [-0.05, 0) is 48.0 Å². The summed E-state index contributed by atoms with van der Waals surface area (Å²) < 4.78 is 0. The lowest BCUT2D eigenvalue weighted by Crippen LogP contribution is -2.27. The highest BCUT2D eigenvalue weighted by atomic mass is 35.5. The van der Waals surface area contributed by atoms with Gasteiger partial charge in [-0.15, -0.1) is 0 Å². The molecule has 2 aromatic carbocycles. The summed E-state index contributed by atoms with van der Waals surface area (Å²) in [5.74, 6) is -0.341. The van der Waals surface area contributed by atoms with E-state index in [4.69, 9.17) is 11.6 Å². The number of hydrogen-bond acceptors (Lipinski definition) is 4. The lowest BCUT2D eigenvalue weighted by molar-refractivity contribution is -0.114. The second-order valence-electron chi connectivity index (χ2n) is 6.97. The van der Waals surface area contributed by atoms with Gasteiger partial charge >= 0.3 is 0 Å². The summed E-state index contributed by atoms with van der Waals surface area (Å²) >= 11 is 5.97. The molecule has 0 aliphatic carbocycles. The largest absolute Gasteiger partial charge is 0.326 e. The Bertz CT molecular complexity index is 1100. The van der Waals surface area contributed by atoms with Crippen LogP contribution in [-0.4, -0.2) is 27.5 Å². The first kappa shape index (κ1) is 19.8. The van der Waals surface area contributed by atoms with Crippen LogP contribution in [0.1, 0.15) is 40.9 Å². The molecule has 1 N–H and O–H groups in total. The first-order valence-corrected chi connectivity index (χ1v) is 9.83. The zero-order valence-corrected chi connectivity index (χ0v) is 17.0. The van der Waals surface area contributed by atoms with Gasteiger partial charge in [-0.1, -0.05) is 29.8 Å². The number of nitrogens with zero attached hydrogens (tertiary/aromatic N) is 3. The van der Waals surface area contributed by atoms with Crippen LogP contribution < -0.4 is 5.32 Å². The molecule has 1 aliphatic heterocycles. The molecule has 0 spiro atoms. The Balaban J connectivity index is 1.68. The van der Waals surface area contributed by atoms with Crippen molar-refractivity contribution >= 4 is 34.8 Å². The number of aromatic nitrogens is 1. The highest BCUT2D eigenvalue weighted by Crippen LogP contribution is 2.34. The molecule has 0 radical (unpaired) electrons. The summed E-state index contributed by atoms with van der Waals surface area (Å²) in [6.07, 6.45) is 4.00. The van der Waals surface area contributed by atoms with Crippen LogP contribution in [0.3, 0.4) is 0 Å². The molecule has 3 aromatic rings. The van der Waals surface area contributed by atoms with E-state index in [1.54, 1.807) is 36.7 Å². The van der Waals surface area contributed by atoms with Crippen molar-refractivity contribution in [2.45, 2.75) is 19.4 Å². The number of nitrogens with one attached hydrogen (secondary N) is 1. The van der Waals surface area contributed by atoms with Crippen LogP contribution in [0.25, 0.3) is 0 Å². The fourth-order valence-corrected chi connectivity index (χ4v) is 3.51. The van der Waals surface area contributed by atoms with Crippen molar-refractivity contribution in [2.75, 3.05) is 5.32 Å². The van der Waals surface area contributed by atoms with Crippen molar-refractivity contribution < 1.29 is 9.59 Å². The van der Waals surface area contributed by atoms with Crippen LogP contribution in [0.4, 0.5) is 5.69 Å². The summed E-state index contributed by atoms with van der Waals surface area (Å²) in [6, 6.07) is 17.7. The van der Waals surface area contributed by atoms with E-state index in [0.717, 1.165) is 16.8 Å². The molecule has 0 saturated heterocycles. The number of hydrogen-bond donors (Lipinski definition) is 1. The summed E-state index contributed by atoms with van der Waals surface area (Å²) in [7, 11) is 0. The molecule has 4 rings (SSSR count). The van der Waals surface area contributed by atoms with Gasteiger partial charge in [-0.25, -0.2) is 5.01 Å². The molecular weight excluding hydrogens is 400 g/mol. The number of halogens is 1. The maximum atomic E-state index is 13.2. The molecule has 30 heavy (non-hydrogen) atoms. The highest BCUT2D eigenvalue weighted by molar-refractivity contribution is 6.30. The number of hydrazone groups is 1. The molecule has 1 aromatic heterocycles. The Hall–Kier alpha value is -3.51. The second kappa shape index (κ2) is 8.47. The summed E-state index contributed by atoms with van der Waals surface area (Å²) in [6.45, 7) is 1.46. The number of anilines is 1. The average Bonchev–Trinajstić information content (AvgIpc) is 3.20. The van der Waals surface area contributed by atoms with Crippen LogP contribution in [0.5, 0.6) is 0 Å². The van der Waals surface area contributed by atoms with E-state index in [9.17, 15) is 9.59 Å². The van der Waals surface area contributed by atoms with Crippen LogP contribution in [0.15, 0.2) is 78.2 Å². The minimum atomic E-state index is -0.269. The van der Waals surface area contributed by atoms with E-state index in [2.05, 4.69) is 15.4 Å². The molecule has 0 bridgehead atoms. The lowest BCUT2D eigenvalue weighted by atomic mass is 9.98. The van der Waals surface area contributed by atoms with Gasteiger partial charge in [-0.3, -0.25) is 14.6 Å². The van der Waals surface area contributed by atoms with Crippen LogP contribution in [0, 0.1) is 0 Å². The fraction of sp³-hybridized carbons (Fsp3) is 0.130. The third kappa shape index (κ3) is 4.23. The molecule has 7 heteroatoms. The zero-order valence-electron chi connectivity index (χ0n) is 16.2. The average molecular weight is 419 g/mol. The van der Waals surface area contributed by atoms with Crippen molar-refractivity contribution in [3.05, 3.63) is 94.8 Å². The fourth-order valence-electron chi connectivity index (χ4n) is 3.38. The SMILES string of the molecule is CC(=O)Nc1ccc(C2CC(c3cccnc3)=NN2C(=O)c2ccc(Cl)cc2)cc1. The minimum absolute atomic E-state index is 0.134. The molecule has 1 aliphatic rings. The highest BCUT2D eigenvalue weighted by Gasteiger charge is 2.33. The van der Waals surface area contributed by atoms with Crippen molar-refractivity contribution in [3.63, 3.8) is 0 Å². The van der Waals surface area contributed by atoms with Crippen LogP contribution in [-0.2, 0) is 4.79 Å². The third-order valence-corrected chi connectivity index (χ3v) is 5.07. The summed E-state index contributed by atoms with van der Waals surface area (Å²) in [5.41, 5.74) is 3.81. The predicted molar refractivity (Wildman–Crippen MR) is 116 cm³/mol. The summed E-state index contributed by atoms with van der Waals surface area (Å²) in [5, 5.41) is 9.48. The van der Waals surface area contributed by atoms with Gasteiger partial charge in [0.1, 0.15) is 0 Å². The van der Waals surface area contributed by atoms with E-state index >= 15 is 0 Å². The van der Waals surface area contributed by atoms with Gasteiger partial charge in [0, 0.05) is 47.6 Å². The molecule has 0 saturated carbocycles. The summed E-state index contributed by atoms with van der Waals surface area (Å²) in [4.78, 5) is 28.7. The number of amides is 2. The van der Waals surface area contributed by atoms with Crippen LogP contribution in [0.2, 0.25) is 5.02 Å². The van der Waals surface area contributed by atoms with Crippen LogP contribution >= 0.6 is 11.6 Å². The molecule has 6 nitrogen and oxygen atoms in total. The zero-order chi connectivity index (χ0) is 21.1. The Kier molecular flexibility index (Phi) is 5.59. The monoisotopic (exact) mass is 418 g/mol. The first-order valence-electron chi connectivity index (χ1n) is 9.46. The standard InChI is InChI=1S/C23H19ClN4O2/c1-15(29)26-20-10-6-16(7-11-20)22-13-21(18-3-2-12-25-14-18)27-28(22)23(30)17-4-8-19(24)9-5-17/h2-12,14,22H,13H2,1H3,(H,26,29). The number of carbonyl (C=O) groups excluding carboxylic acids is 2. The lowest BCUT2D eigenvalue weighted by Gasteiger charge is -2.22. The topological polar surface area (TPSA) is 74.7 Å². The van der Waals surface area contributed by atoms with Gasteiger partial charge in [0.2, 0.25) is 5.91 Å². The number of benzene rings is 2. The third-order valence-electron chi connectivity index (χ3n) is 4.82. The quantitative estimate of drug-likeness (QED) is 0.668. The van der Waals surface area contributed by atoms with Gasteiger partial charge in [0.25, 0.3) is 5.91 Å². The second-order valence-corrected chi connectivity index (χ2v) is 7.40. The van der Waals surface area contributed by atoms with Crippen molar-refractivity contribution in [2.24, 2.45) is 5.10 Å². The van der Waals surface area contributed by atoms with E-state index in [1.165, 1.54) is 11.9 Å². The van der Waals surface area contributed by atoms with E-state index < -0.39 is 0 Å². The Morgan fingerprint density at radius 2 is 1.80 bits per heavy atom. The molecule has 1 atom stereocenters. The number of rotatable bonds is 4. The number of carbonyl (C=O) groups is 2. The first-order chi connectivity index (χ1) is 14.5. The normalized spacial score (nSPS) is 15.6. The maximum absolute atomic E-state index is 13.2. The van der Waals surface area contributed by atoms with Gasteiger partial charge < -0.3 is 5.32 Å². The molecular formula is C23H19ClN4O2. The smallest absolute Gasteiger partial charge is 0.274 e. The van der Waals surface area contributed by atoms with Gasteiger partial charge in [0.15, 0.2) is 0 Å². The van der Waals surface area contributed by atoms with E-state index in [-0.39, 0.29) is 17.9 Å². The van der Waals surface area contributed by atoms with E-state index in [0.29, 0.717) is 22.7 Å². The molecule has 1 unspecified atom stereocenters. The Morgan fingerprint density at radius 1 is 1.07 bits per heavy atom. The minimum Gasteiger partial charge on any atom is -0.326 e. The maximum Gasteiger partial charge on any atom is 0.274 e. The number of pyridine rings is 1. The van der Waals surface area contributed by atoms with Crippen molar-refractivity contribution in [3.8, 4) is 0 Å². The molecule has 2 heterocycles. The van der Waals surface area contributed by atoms with Gasteiger partial charge in [0.05, 0.1) is 11.8 Å². The van der Waals surface area contributed by atoms with Crippen molar-refractivity contribution in [1.29, 1.82) is 0 Å². The Labute approximate surface area is 179 Å².